The molecule has 134 valence electrons. The average Bonchev–Trinajstić information content (AvgIpc) is 2.99. The molecule has 2 N–H and O–H groups in total. The van der Waals surface area contributed by atoms with Crippen LogP contribution in [0.15, 0.2) is 36.5 Å². The third-order valence-corrected chi connectivity index (χ3v) is 4.00. The fourth-order valence-electron chi connectivity index (χ4n) is 2.50. The van der Waals surface area contributed by atoms with E-state index in [-0.39, 0.29) is 18.2 Å². The highest BCUT2D eigenvalue weighted by atomic mass is 35.5. The minimum absolute atomic E-state index is 0.125. The Hall–Kier alpha value is -2.34. The number of unbranched alkanes of at least 4 members (excludes halogenated alkanes) is 1. The molecule has 2 amide bonds. The van der Waals surface area contributed by atoms with Crippen LogP contribution >= 0.6 is 11.6 Å². The molecular weight excluding hydrogens is 340 g/mol. The Kier molecular flexibility index (Phi) is 7.01. The molecule has 0 fully saturated rings. The molecule has 0 aliphatic rings. The number of hydrogen-bond donors (Lipinski definition) is 2. The number of nitrogens with one attached hydrogen (secondary N) is 2. The maximum absolute atomic E-state index is 12.4. The molecule has 1 aromatic carbocycles. The van der Waals surface area contributed by atoms with Crippen LogP contribution in [0.4, 0.5) is 5.82 Å². The number of carbonyl (C=O) groups excluding carboxylic acids is 2. The Morgan fingerprint density at radius 2 is 1.96 bits per heavy atom. The summed E-state index contributed by atoms with van der Waals surface area (Å²) < 4.78 is 1.77. The van der Waals surface area contributed by atoms with Gasteiger partial charge in [-0.3, -0.25) is 9.59 Å². The van der Waals surface area contributed by atoms with Crippen LogP contribution in [0.3, 0.4) is 0 Å². The van der Waals surface area contributed by atoms with Crippen LogP contribution in [0.25, 0.3) is 0 Å². The molecule has 0 aliphatic heterocycles. The van der Waals surface area contributed by atoms with Crippen molar-refractivity contribution in [1.29, 1.82) is 0 Å². The van der Waals surface area contributed by atoms with Crippen LogP contribution in [0.1, 0.15) is 44.7 Å². The van der Waals surface area contributed by atoms with Crippen LogP contribution in [-0.2, 0) is 16.1 Å². The fraction of sp³-hybridized carbons (Fsp3) is 0.389. The summed E-state index contributed by atoms with van der Waals surface area (Å²) in [5, 5.41) is 10.5. The summed E-state index contributed by atoms with van der Waals surface area (Å²) in [5.41, 5.74) is 0.828. The van der Waals surface area contributed by atoms with E-state index in [1.54, 1.807) is 29.1 Å². The summed E-state index contributed by atoms with van der Waals surface area (Å²) in [6, 6.07) is 8.45. The maximum Gasteiger partial charge on any atom is 0.227 e. The second kappa shape index (κ2) is 9.22. The van der Waals surface area contributed by atoms with Gasteiger partial charge in [0.05, 0.1) is 18.7 Å². The van der Waals surface area contributed by atoms with Crippen LogP contribution < -0.4 is 10.6 Å². The van der Waals surface area contributed by atoms with E-state index < -0.39 is 6.04 Å². The van der Waals surface area contributed by atoms with Crippen molar-refractivity contribution >= 4 is 29.2 Å². The molecule has 2 aromatic rings. The van der Waals surface area contributed by atoms with Gasteiger partial charge in [-0.15, -0.1) is 0 Å². The number of benzene rings is 1. The Labute approximate surface area is 152 Å². The van der Waals surface area contributed by atoms with E-state index in [4.69, 9.17) is 11.6 Å². The van der Waals surface area contributed by atoms with E-state index in [9.17, 15) is 9.59 Å². The zero-order chi connectivity index (χ0) is 18.2. The lowest BCUT2D eigenvalue weighted by Gasteiger charge is -2.18. The fourth-order valence-corrected chi connectivity index (χ4v) is 2.62. The lowest BCUT2D eigenvalue weighted by molar-refractivity contribution is -0.120. The maximum atomic E-state index is 12.4. The van der Waals surface area contributed by atoms with Crippen molar-refractivity contribution in [2.24, 2.45) is 0 Å². The summed E-state index contributed by atoms with van der Waals surface area (Å²) in [6.45, 7) is 4.29. The van der Waals surface area contributed by atoms with Crippen molar-refractivity contribution in [3.8, 4) is 0 Å². The van der Waals surface area contributed by atoms with Gasteiger partial charge < -0.3 is 10.6 Å². The van der Waals surface area contributed by atoms with Gasteiger partial charge in [0.25, 0.3) is 0 Å². The van der Waals surface area contributed by atoms with Gasteiger partial charge in [-0.25, -0.2) is 4.68 Å². The number of anilines is 1. The zero-order valence-corrected chi connectivity index (χ0v) is 15.2. The SMILES string of the molecule is CCCCn1nccc1NC(=O)CC(NC(C)=O)c1ccc(Cl)cc1. The molecule has 0 spiro atoms. The van der Waals surface area contributed by atoms with Crippen molar-refractivity contribution in [1.82, 2.24) is 15.1 Å². The molecule has 1 heterocycles. The number of hydrogen-bond acceptors (Lipinski definition) is 3. The number of rotatable bonds is 8. The van der Waals surface area contributed by atoms with Gasteiger partial charge in [0, 0.05) is 24.6 Å². The molecule has 7 heteroatoms. The molecule has 1 unspecified atom stereocenters. The van der Waals surface area contributed by atoms with Crippen molar-refractivity contribution < 1.29 is 9.59 Å². The molecule has 0 aliphatic carbocycles. The van der Waals surface area contributed by atoms with Crippen LogP contribution in [0, 0.1) is 0 Å². The quantitative estimate of drug-likeness (QED) is 0.754. The van der Waals surface area contributed by atoms with E-state index >= 15 is 0 Å². The first-order valence-electron chi connectivity index (χ1n) is 8.33. The summed E-state index contributed by atoms with van der Waals surface area (Å²) in [4.78, 5) is 23.9. The van der Waals surface area contributed by atoms with E-state index in [2.05, 4.69) is 22.7 Å². The van der Waals surface area contributed by atoms with Gasteiger partial charge >= 0.3 is 0 Å². The monoisotopic (exact) mass is 362 g/mol. The van der Waals surface area contributed by atoms with Crippen LogP contribution in [0.2, 0.25) is 5.02 Å². The van der Waals surface area contributed by atoms with Crippen molar-refractivity contribution in [2.75, 3.05) is 5.32 Å². The van der Waals surface area contributed by atoms with Crippen molar-refractivity contribution in [2.45, 2.75) is 45.7 Å². The summed E-state index contributed by atoms with van der Waals surface area (Å²) >= 11 is 5.91. The Morgan fingerprint density at radius 3 is 2.60 bits per heavy atom. The molecular formula is C18H23ClN4O2. The lowest BCUT2D eigenvalue weighted by Crippen LogP contribution is -2.30. The average molecular weight is 363 g/mol. The normalized spacial score (nSPS) is 11.8. The Morgan fingerprint density at radius 1 is 1.24 bits per heavy atom. The highest BCUT2D eigenvalue weighted by molar-refractivity contribution is 6.30. The molecule has 2 rings (SSSR count). The Balaban J connectivity index is 2.05. The molecule has 0 radical (unpaired) electrons. The van der Waals surface area contributed by atoms with E-state index in [0.717, 1.165) is 24.9 Å². The molecule has 25 heavy (non-hydrogen) atoms. The van der Waals surface area contributed by atoms with Crippen LogP contribution in [0.5, 0.6) is 0 Å². The predicted molar refractivity (Wildman–Crippen MR) is 98.4 cm³/mol. The van der Waals surface area contributed by atoms with Crippen LogP contribution in [-0.4, -0.2) is 21.6 Å². The summed E-state index contributed by atoms with van der Waals surface area (Å²) in [5.74, 6) is 0.281. The predicted octanol–water partition coefficient (Wildman–Crippen LogP) is 3.54. The molecule has 1 aromatic heterocycles. The van der Waals surface area contributed by atoms with E-state index in [0.29, 0.717) is 10.8 Å². The number of carbonyl (C=O) groups is 2. The standard InChI is InChI=1S/C18H23ClN4O2/c1-3-4-11-23-17(9-10-20-23)22-18(25)12-16(21-13(2)24)14-5-7-15(19)8-6-14/h5-10,16H,3-4,11-12H2,1-2H3,(H,21,24)(H,22,25). The van der Waals surface area contributed by atoms with Gasteiger partial charge in [-0.2, -0.15) is 5.10 Å². The van der Waals surface area contributed by atoms with Crippen molar-refractivity contribution in [3.05, 3.63) is 47.1 Å². The third-order valence-electron chi connectivity index (χ3n) is 3.75. The second-order valence-corrected chi connectivity index (χ2v) is 6.29. The summed E-state index contributed by atoms with van der Waals surface area (Å²) in [6.07, 6.45) is 3.83. The van der Waals surface area contributed by atoms with Gasteiger partial charge in [0.1, 0.15) is 5.82 Å². The molecule has 6 nitrogen and oxygen atoms in total. The van der Waals surface area contributed by atoms with Gasteiger partial charge in [0.2, 0.25) is 11.8 Å². The molecule has 0 saturated heterocycles. The summed E-state index contributed by atoms with van der Waals surface area (Å²) in [7, 11) is 0. The van der Waals surface area contributed by atoms with Crippen molar-refractivity contribution in [3.63, 3.8) is 0 Å². The molecule has 0 saturated carbocycles. The topological polar surface area (TPSA) is 76.0 Å². The first-order valence-corrected chi connectivity index (χ1v) is 8.71. The first kappa shape index (κ1) is 19.0. The molecule has 1 atom stereocenters. The number of aryl methyl sites for hydroxylation is 1. The minimum Gasteiger partial charge on any atom is -0.349 e. The highest BCUT2D eigenvalue weighted by Gasteiger charge is 2.18. The number of halogens is 1. The highest BCUT2D eigenvalue weighted by Crippen LogP contribution is 2.20. The number of aromatic nitrogens is 2. The zero-order valence-electron chi connectivity index (χ0n) is 14.5. The largest absolute Gasteiger partial charge is 0.349 e. The number of amides is 2. The van der Waals surface area contributed by atoms with Gasteiger partial charge in [0.15, 0.2) is 0 Å². The Bertz CT molecular complexity index is 712. The van der Waals surface area contributed by atoms with E-state index in [1.807, 2.05) is 12.1 Å². The second-order valence-electron chi connectivity index (χ2n) is 5.85. The molecule has 0 bridgehead atoms. The first-order chi connectivity index (χ1) is 12.0. The lowest BCUT2D eigenvalue weighted by atomic mass is 10.0. The van der Waals surface area contributed by atoms with Gasteiger partial charge in [-0.05, 0) is 24.1 Å². The minimum atomic E-state index is -0.415. The van der Waals surface area contributed by atoms with Gasteiger partial charge in [-0.1, -0.05) is 37.1 Å². The van der Waals surface area contributed by atoms with E-state index in [1.165, 1.54) is 6.92 Å². The third kappa shape index (κ3) is 5.90. The number of nitrogens with zero attached hydrogens (tertiary/aromatic N) is 2. The smallest absolute Gasteiger partial charge is 0.227 e.